The molecule has 1 fully saturated rings. The van der Waals surface area contributed by atoms with Crippen LogP contribution in [0.5, 0.6) is 0 Å². The minimum Gasteiger partial charge on any atom is -0.297 e. The second-order valence-electron chi connectivity index (χ2n) is 4.15. The first-order valence-electron chi connectivity index (χ1n) is 5.03. The van der Waals surface area contributed by atoms with Gasteiger partial charge in [0.15, 0.2) is 0 Å². The molecule has 1 aliphatic heterocycles. The maximum atomic E-state index is 4.24. The lowest BCUT2D eigenvalue weighted by atomic mass is 9.93. The van der Waals surface area contributed by atoms with Crippen LogP contribution in [-0.2, 0) is 0 Å². The molecular formula is C10H21NSi. The molecule has 0 radical (unpaired) electrons. The average Bonchev–Trinajstić information content (AvgIpc) is 2.86. The van der Waals surface area contributed by atoms with E-state index in [-0.39, 0.29) is 0 Å². The quantitative estimate of drug-likeness (QED) is 0.352. The van der Waals surface area contributed by atoms with Gasteiger partial charge < -0.3 is 0 Å². The van der Waals surface area contributed by atoms with Crippen LogP contribution in [0.4, 0.5) is 0 Å². The summed E-state index contributed by atoms with van der Waals surface area (Å²) in [6.45, 7) is 12.6. The highest BCUT2D eigenvalue weighted by molar-refractivity contribution is 6.17. The largest absolute Gasteiger partial charge is 0.297 e. The second kappa shape index (κ2) is 3.75. The van der Waals surface area contributed by atoms with Gasteiger partial charge in [-0.2, -0.15) is 0 Å². The monoisotopic (exact) mass is 183 g/mol. The molecule has 0 N–H and O–H groups in total. The van der Waals surface area contributed by atoms with E-state index in [4.69, 9.17) is 0 Å². The van der Waals surface area contributed by atoms with Crippen molar-refractivity contribution in [3.63, 3.8) is 0 Å². The molecule has 0 atom stereocenters. The molecule has 70 valence electrons. The molecule has 0 aliphatic carbocycles. The third-order valence-electron chi connectivity index (χ3n) is 3.37. The van der Waals surface area contributed by atoms with E-state index in [1.807, 2.05) is 0 Å². The van der Waals surface area contributed by atoms with Crippen molar-refractivity contribution in [1.29, 1.82) is 0 Å². The maximum Gasteiger partial charge on any atom is 0.0193 e. The first-order chi connectivity index (χ1) is 5.62. The van der Waals surface area contributed by atoms with Gasteiger partial charge in [0.1, 0.15) is 0 Å². The summed E-state index contributed by atoms with van der Waals surface area (Å²) in [5, 5.41) is 0.516. The summed E-state index contributed by atoms with van der Waals surface area (Å²) in [6.07, 6.45) is 2.56. The van der Waals surface area contributed by atoms with Crippen LogP contribution in [0, 0.1) is 0 Å². The SMILES string of the molecule is C=C(CN1CC1)C([SiH3])(CC)CC. The van der Waals surface area contributed by atoms with Gasteiger partial charge in [0, 0.05) is 29.9 Å². The van der Waals surface area contributed by atoms with Crippen LogP contribution in [-0.4, -0.2) is 34.8 Å². The zero-order chi connectivity index (χ0) is 9.19. The van der Waals surface area contributed by atoms with Crippen LogP contribution in [0.3, 0.4) is 0 Å². The Labute approximate surface area is 79.3 Å². The second-order valence-corrected chi connectivity index (χ2v) is 6.06. The van der Waals surface area contributed by atoms with Gasteiger partial charge in [-0.25, -0.2) is 0 Å². The number of rotatable bonds is 5. The molecule has 1 aliphatic rings. The van der Waals surface area contributed by atoms with E-state index < -0.39 is 0 Å². The van der Waals surface area contributed by atoms with Crippen LogP contribution in [0.25, 0.3) is 0 Å². The smallest absolute Gasteiger partial charge is 0.0193 e. The number of hydrogen-bond donors (Lipinski definition) is 0. The molecule has 2 heteroatoms. The lowest BCUT2D eigenvalue weighted by Gasteiger charge is -2.29. The third-order valence-corrected chi connectivity index (χ3v) is 5.49. The fourth-order valence-electron chi connectivity index (χ4n) is 1.44. The fraction of sp³-hybridized carbons (Fsp3) is 0.800. The van der Waals surface area contributed by atoms with Gasteiger partial charge in [-0.15, -0.1) is 0 Å². The van der Waals surface area contributed by atoms with Gasteiger partial charge in [-0.05, 0) is 5.04 Å². The normalized spacial score (nSPS) is 18.2. The standard InChI is InChI=1S/C10H21NSi/c1-4-10(12,5-2)9(3)8-11-6-7-11/h3-8H2,1-2,12H3. The van der Waals surface area contributed by atoms with E-state index >= 15 is 0 Å². The van der Waals surface area contributed by atoms with Crippen LogP contribution in [0.1, 0.15) is 26.7 Å². The highest BCUT2D eigenvalue weighted by Gasteiger charge is 2.27. The summed E-state index contributed by atoms with van der Waals surface area (Å²) in [6, 6.07) is 0. The topological polar surface area (TPSA) is 3.01 Å². The van der Waals surface area contributed by atoms with Crippen molar-refractivity contribution in [3.8, 4) is 0 Å². The minimum atomic E-state index is 0.516. The molecular weight excluding hydrogens is 162 g/mol. The Bertz CT molecular complexity index is 169. The third kappa shape index (κ3) is 2.20. The summed E-state index contributed by atoms with van der Waals surface area (Å²) in [7, 11) is 1.26. The highest BCUT2D eigenvalue weighted by Crippen LogP contribution is 2.38. The summed E-state index contributed by atoms with van der Waals surface area (Å²) in [5.41, 5.74) is 1.48. The van der Waals surface area contributed by atoms with Crippen molar-refractivity contribution in [1.82, 2.24) is 4.90 Å². The summed E-state index contributed by atoms with van der Waals surface area (Å²) in [5.74, 6) is 0. The van der Waals surface area contributed by atoms with Crippen LogP contribution in [0.2, 0.25) is 5.04 Å². The average molecular weight is 183 g/mol. The Morgan fingerprint density at radius 2 is 1.92 bits per heavy atom. The molecule has 0 aromatic heterocycles. The van der Waals surface area contributed by atoms with E-state index in [1.54, 1.807) is 0 Å². The highest BCUT2D eigenvalue weighted by atomic mass is 28.1. The van der Waals surface area contributed by atoms with Gasteiger partial charge in [0.2, 0.25) is 0 Å². The number of hydrogen-bond acceptors (Lipinski definition) is 1. The molecule has 1 nitrogen and oxygen atoms in total. The van der Waals surface area contributed by atoms with E-state index in [2.05, 4.69) is 25.3 Å². The van der Waals surface area contributed by atoms with Crippen molar-refractivity contribution in [3.05, 3.63) is 12.2 Å². The summed E-state index contributed by atoms with van der Waals surface area (Å²) < 4.78 is 0. The molecule has 0 spiro atoms. The van der Waals surface area contributed by atoms with Crippen molar-refractivity contribution in [2.24, 2.45) is 0 Å². The summed E-state index contributed by atoms with van der Waals surface area (Å²) >= 11 is 0. The predicted octanol–water partition coefficient (Wildman–Crippen LogP) is 1.20. The van der Waals surface area contributed by atoms with E-state index in [1.165, 1.54) is 41.7 Å². The van der Waals surface area contributed by atoms with Crippen molar-refractivity contribution >= 4 is 10.2 Å². The van der Waals surface area contributed by atoms with Crippen LogP contribution in [0.15, 0.2) is 12.2 Å². The van der Waals surface area contributed by atoms with Crippen molar-refractivity contribution in [2.45, 2.75) is 31.7 Å². The molecule has 0 amide bonds. The molecule has 0 saturated carbocycles. The minimum absolute atomic E-state index is 0.516. The van der Waals surface area contributed by atoms with Gasteiger partial charge in [0.25, 0.3) is 0 Å². The first kappa shape index (κ1) is 10.0. The Hall–Kier alpha value is -0.0831. The fourth-order valence-corrected chi connectivity index (χ4v) is 1.60. The maximum absolute atomic E-state index is 4.24. The van der Waals surface area contributed by atoms with Crippen molar-refractivity contribution < 1.29 is 0 Å². The molecule has 0 aromatic carbocycles. The lowest BCUT2D eigenvalue weighted by molar-refractivity contribution is 0.521. The van der Waals surface area contributed by atoms with Gasteiger partial charge in [0.05, 0.1) is 0 Å². The van der Waals surface area contributed by atoms with E-state index in [0.29, 0.717) is 5.04 Å². The molecule has 1 rings (SSSR count). The Balaban J connectivity index is 2.45. The Kier molecular flexibility index (Phi) is 3.13. The first-order valence-corrected chi connectivity index (χ1v) is 6.03. The number of nitrogens with zero attached hydrogens (tertiary/aromatic N) is 1. The Morgan fingerprint density at radius 1 is 1.42 bits per heavy atom. The molecule has 0 bridgehead atoms. The lowest BCUT2D eigenvalue weighted by Crippen LogP contribution is -2.19. The predicted molar refractivity (Wildman–Crippen MR) is 58.8 cm³/mol. The van der Waals surface area contributed by atoms with Crippen LogP contribution < -0.4 is 0 Å². The summed E-state index contributed by atoms with van der Waals surface area (Å²) in [4.78, 5) is 2.46. The Morgan fingerprint density at radius 3 is 2.25 bits per heavy atom. The molecule has 1 saturated heterocycles. The molecule has 12 heavy (non-hydrogen) atoms. The zero-order valence-electron chi connectivity index (χ0n) is 8.69. The van der Waals surface area contributed by atoms with Gasteiger partial charge >= 0.3 is 0 Å². The molecule has 0 aromatic rings. The van der Waals surface area contributed by atoms with Crippen LogP contribution >= 0.6 is 0 Å². The van der Waals surface area contributed by atoms with Gasteiger partial charge in [-0.3, -0.25) is 4.90 Å². The van der Waals surface area contributed by atoms with E-state index in [0.717, 1.165) is 6.54 Å². The van der Waals surface area contributed by atoms with Gasteiger partial charge in [-0.1, -0.05) is 38.8 Å². The van der Waals surface area contributed by atoms with Crippen molar-refractivity contribution in [2.75, 3.05) is 19.6 Å². The molecule has 1 heterocycles. The molecule has 0 unspecified atom stereocenters. The van der Waals surface area contributed by atoms with E-state index in [9.17, 15) is 0 Å². The zero-order valence-corrected chi connectivity index (χ0v) is 10.7.